The van der Waals surface area contributed by atoms with Gasteiger partial charge in [-0.2, -0.15) is 0 Å². The number of amides is 2. The van der Waals surface area contributed by atoms with Crippen molar-refractivity contribution in [3.8, 4) is 22.9 Å². The van der Waals surface area contributed by atoms with Crippen LogP contribution in [-0.2, 0) is 6.54 Å². The SMILES string of the molecule is COc1ccc2cc1OCCCN(C(=O)c1cc(C)oc1C)CCCCN(C(=O)c1cncs1)CCn1ccnc1-2. The number of ether oxygens (including phenoxy) is 2. The third kappa shape index (κ3) is 6.62. The third-order valence-electron chi connectivity index (χ3n) is 7.17. The third-order valence-corrected chi connectivity index (χ3v) is 7.93. The van der Waals surface area contributed by atoms with Crippen molar-refractivity contribution in [2.24, 2.45) is 0 Å². The number of carbonyl (C=O) groups excluding carboxylic acids is 2. The number of benzene rings is 1. The predicted octanol–water partition coefficient (Wildman–Crippen LogP) is 5.07. The molecular weight excluding hydrogens is 542 g/mol. The number of fused-ring (bicyclic) bond motifs is 4. The van der Waals surface area contributed by atoms with E-state index in [1.807, 2.05) is 52.6 Å². The molecule has 216 valence electrons. The zero-order valence-corrected chi connectivity index (χ0v) is 24.5. The van der Waals surface area contributed by atoms with E-state index in [9.17, 15) is 9.59 Å². The Morgan fingerprint density at radius 1 is 0.976 bits per heavy atom. The molecule has 0 aliphatic carbocycles. The first-order chi connectivity index (χ1) is 19.9. The lowest BCUT2D eigenvalue weighted by Gasteiger charge is -2.25. The highest BCUT2D eigenvalue weighted by atomic mass is 32.1. The van der Waals surface area contributed by atoms with Gasteiger partial charge in [0.1, 0.15) is 22.2 Å². The molecule has 1 aliphatic heterocycles. The molecule has 1 aliphatic rings. The summed E-state index contributed by atoms with van der Waals surface area (Å²) in [5, 5.41) is 0. The first-order valence-electron chi connectivity index (χ1n) is 13.8. The molecule has 41 heavy (non-hydrogen) atoms. The Hall–Kier alpha value is -4.12. The fourth-order valence-electron chi connectivity index (χ4n) is 5.07. The van der Waals surface area contributed by atoms with E-state index in [0.717, 1.165) is 24.2 Å². The van der Waals surface area contributed by atoms with Crippen molar-refractivity contribution in [2.45, 2.75) is 39.7 Å². The van der Waals surface area contributed by atoms with E-state index in [2.05, 4.69) is 9.97 Å². The molecule has 11 heteroatoms. The van der Waals surface area contributed by atoms with Crippen molar-refractivity contribution in [3.05, 3.63) is 70.3 Å². The zero-order chi connectivity index (χ0) is 28.8. The molecule has 10 nitrogen and oxygen atoms in total. The second-order valence-corrected chi connectivity index (χ2v) is 10.9. The summed E-state index contributed by atoms with van der Waals surface area (Å²) < 4.78 is 19.4. The van der Waals surface area contributed by atoms with E-state index in [0.29, 0.717) is 79.2 Å². The number of imidazole rings is 1. The molecule has 0 saturated carbocycles. The molecule has 0 unspecified atom stereocenters. The number of nitrogens with zero attached hydrogens (tertiary/aromatic N) is 5. The highest BCUT2D eigenvalue weighted by Gasteiger charge is 2.22. The maximum Gasteiger partial charge on any atom is 0.265 e. The minimum atomic E-state index is -0.0557. The molecule has 0 fully saturated rings. The lowest BCUT2D eigenvalue weighted by molar-refractivity contribution is 0.0715. The van der Waals surface area contributed by atoms with Gasteiger partial charge in [-0.05, 0) is 57.4 Å². The number of carbonyl (C=O) groups is 2. The van der Waals surface area contributed by atoms with Gasteiger partial charge >= 0.3 is 0 Å². The molecule has 3 aromatic heterocycles. The van der Waals surface area contributed by atoms with Crippen LogP contribution in [0.5, 0.6) is 11.5 Å². The van der Waals surface area contributed by atoms with Crippen molar-refractivity contribution in [1.82, 2.24) is 24.3 Å². The van der Waals surface area contributed by atoms with E-state index in [1.165, 1.54) is 11.3 Å². The predicted molar refractivity (Wildman–Crippen MR) is 156 cm³/mol. The van der Waals surface area contributed by atoms with Gasteiger partial charge in [0, 0.05) is 50.7 Å². The monoisotopic (exact) mass is 577 g/mol. The first-order valence-corrected chi connectivity index (χ1v) is 14.7. The standard InChI is InChI=1S/C30H35N5O5S/c1-21-17-24(22(2)40-21)29(36)34-10-4-5-11-35(30(37)27-19-31-20-41-27)15-14-33-13-9-32-28(33)23-7-8-25(38-3)26(18-23)39-16-6-12-34/h7-9,13,17-20H,4-6,10-12,14-16H2,1-3H3. The highest BCUT2D eigenvalue weighted by Crippen LogP contribution is 2.32. The number of aromatic nitrogens is 3. The van der Waals surface area contributed by atoms with Crippen LogP contribution in [0.3, 0.4) is 0 Å². The molecule has 1 aromatic carbocycles. The average molecular weight is 578 g/mol. The van der Waals surface area contributed by atoms with Crippen LogP contribution < -0.4 is 9.47 Å². The summed E-state index contributed by atoms with van der Waals surface area (Å²) in [7, 11) is 1.61. The maximum absolute atomic E-state index is 13.5. The van der Waals surface area contributed by atoms with Crippen LogP contribution in [0.1, 0.15) is 50.8 Å². The summed E-state index contributed by atoms with van der Waals surface area (Å²) in [6.45, 7) is 6.82. The summed E-state index contributed by atoms with van der Waals surface area (Å²) >= 11 is 1.34. The summed E-state index contributed by atoms with van der Waals surface area (Å²) in [5.41, 5.74) is 3.14. The van der Waals surface area contributed by atoms with Crippen LogP contribution in [0.2, 0.25) is 0 Å². The van der Waals surface area contributed by atoms with Gasteiger partial charge in [0.2, 0.25) is 0 Å². The van der Waals surface area contributed by atoms with Crippen LogP contribution in [0.15, 0.2) is 52.8 Å². The van der Waals surface area contributed by atoms with E-state index >= 15 is 0 Å². The second-order valence-electron chi connectivity index (χ2n) is 10.00. The van der Waals surface area contributed by atoms with Gasteiger partial charge in [0.05, 0.1) is 31.0 Å². The van der Waals surface area contributed by atoms with Crippen molar-refractivity contribution < 1.29 is 23.5 Å². The van der Waals surface area contributed by atoms with Gasteiger partial charge in [0.25, 0.3) is 11.8 Å². The maximum atomic E-state index is 13.5. The lowest BCUT2D eigenvalue weighted by atomic mass is 10.2. The Morgan fingerprint density at radius 2 is 1.76 bits per heavy atom. The van der Waals surface area contributed by atoms with E-state index < -0.39 is 0 Å². The average Bonchev–Trinajstić information content (AvgIpc) is 3.74. The van der Waals surface area contributed by atoms with Gasteiger partial charge in [0.15, 0.2) is 11.5 Å². The molecule has 0 spiro atoms. The Bertz CT molecular complexity index is 1480. The first kappa shape index (κ1) is 28.4. The number of hydrogen-bond donors (Lipinski definition) is 0. The summed E-state index contributed by atoms with van der Waals surface area (Å²) in [5.74, 6) is 3.27. The molecule has 0 atom stereocenters. The second kappa shape index (κ2) is 13.0. The van der Waals surface area contributed by atoms with E-state index in [4.69, 9.17) is 13.9 Å². The van der Waals surface area contributed by atoms with E-state index in [-0.39, 0.29) is 11.8 Å². The molecule has 0 N–H and O–H groups in total. The van der Waals surface area contributed by atoms with Crippen molar-refractivity contribution in [2.75, 3.05) is 39.9 Å². The molecule has 4 aromatic rings. The molecule has 0 radical (unpaired) electrons. The van der Waals surface area contributed by atoms with Gasteiger partial charge in [-0.1, -0.05) is 0 Å². The van der Waals surface area contributed by atoms with Crippen molar-refractivity contribution in [3.63, 3.8) is 0 Å². The minimum Gasteiger partial charge on any atom is -0.493 e. The van der Waals surface area contributed by atoms with E-state index in [1.54, 1.807) is 31.1 Å². The van der Waals surface area contributed by atoms with Crippen LogP contribution in [0, 0.1) is 13.8 Å². The van der Waals surface area contributed by atoms with Gasteiger partial charge in [-0.15, -0.1) is 11.3 Å². The Balaban J connectivity index is 1.42. The van der Waals surface area contributed by atoms with Crippen molar-refractivity contribution >= 4 is 23.2 Å². The fraction of sp³-hybridized carbons (Fsp3) is 0.400. The minimum absolute atomic E-state index is 0.0374. The summed E-state index contributed by atoms with van der Waals surface area (Å²) in [4.78, 5) is 39.9. The molecule has 5 rings (SSSR count). The summed E-state index contributed by atoms with van der Waals surface area (Å²) in [6.07, 6.45) is 7.45. The lowest BCUT2D eigenvalue weighted by Crippen LogP contribution is -2.36. The number of rotatable bonds is 3. The molecule has 4 heterocycles. The largest absolute Gasteiger partial charge is 0.493 e. The Labute approximate surface area is 243 Å². The molecular formula is C30H35N5O5S. The molecule has 0 saturated heterocycles. The smallest absolute Gasteiger partial charge is 0.265 e. The highest BCUT2D eigenvalue weighted by molar-refractivity contribution is 7.11. The number of hydrogen-bond acceptors (Lipinski definition) is 8. The number of furan rings is 1. The van der Waals surface area contributed by atoms with Crippen LogP contribution in [0.25, 0.3) is 11.4 Å². The quantitative estimate of drug-likeness (QED) is 0.335. The van der Waals surface area contributed by atoms with Crippen LogP contribution in [-0.4, -0.2) is 76.0 Å². The topological polar surface area (TPSA) is 103 Å². The number of methoxy groups -OCH3 is 1. The van der Waals surface area contributed by atoms with Crippen LogP contribution >= 0.6 is 11.3 Å². The molecule has 2 bridgehead atoms. The Morgan fingerprint density at radius 3 is 2.46 bits per heavy atom. The van der Waals surface area contributed by atoms with Crippen LogP contribution in [0.4, 0.5) is 0 Å². The van der Waals surface area contributed by atoms with Gasteiger partial charge in [-0.3, -0.25) is 14.6 Å². The molecule has 2 amide bonds. The van der Waals surface area contributed by atoms with Gasteiger partial charge < -0.3 is 28.3 Å². The summed E-state index contributed by atoms with van der Waals surface area (Å²) in [6, 6.07) is 7.55. The number of thiazole rings is 1. The zero-order valence-electron chi connectivity index (χ0n) is 23.7. The number of aryl methyl sites for hydroxylation is 2. The Kier molecular flexibility index (Phi) is 9.03. The normalized spacial score (nSPS) is 15.1. The van der Waals surface area contributed by atoms with Crippen molar-refractivity contribution in [1.29, 1.82) is 0 Å². The fourth-order valence-corrected chi connectivity index (χ4v) is 5.66. The van der Waals surface area contributed by atoms with Gasteiger partial charge in [-0.25, -0.2) is 4.98 Å².